The Bertz CT molecular complexity index is 1110. The molecule has 6 nitrogen and oxygen atoms in total. The highest BCUT2D eigenvalue weighted by Gasteiger charge is 2.48. The minimum absolute atomic E-state index is 0. The Hall–Kier alpha value is -1.10. The van der Waals surface area contributed by atoms with Crippen LogP contribution < -0.4 is 0 Å². The van der Waals surface area contributed by atoms with E-state index >= 15 is 0 Å². The number of halogens is 2. The van der Waals surface area contributed by atoms with Crippen LogP contribution in [0.4, 0.5) is 5.69 Å². The van der Waals surface area contributed by atoms with Gasteiger partial charge in [0.15, 0.2) is 10.9 Å². The summed E-state index contributed by atoms with van der Waals surface area (Å²) in [6.07, 6.45) is 5.32. The van der Waals surface area contributed by atoms with Crippen LogP contribution in [0.5, 0.6) is 0 Å². The Morgan fingerprint density at radius 3 is 2.42 bits per heavy atom. The first-order valence-electron chi connectivity index (χ1n) is 10.7. The third kappa shape index (κ3) is 5.28. The highest BCUT2D eigenvalue weighted by molar-refractivity contribution is 8.93. The summed E-state index contributed by atoms with van der Waals surface area (Å²) in [7, 11) is -0.817. The summed E-state index contributed by atoms with van der Waals surface area (Å²) in [6, 6.07) is 14.6. The molecular weight excluding hydrogens is 546 g/mol. The SMILES string of the molecule is Br.CN(C)S(=O)(=O)c1cc(C2(O)CSC(=Nc3ccccc3)N2C2CCCCC2)ccc1Cl. The van der Waals surface area contributed by atoms with E-state index in [2.05, 4.69) is 0 Å². The van der Waals surface area contributed by atoms with Gasteiger partial charge in [0.05, 0.1) is 16.5 Å². The zero-order valence-electron chi connectivity index (χ0n) is 18.6. The van der Waals surface area contributed by atoms with Crippen molar-refractivity contribution in [1.29, 1.82) is 0 Å². The number of hydrogen-bond donors (Lipinski definition) is 1. The van der Waals surface area contributed by atoms with Gasteiger partial charge in [0.25, 0.3) is 0 Å². The third-order valence-electron chi connectivity index (χ3n) is 6.08. The molecule has 0 radical (unpaired) electrons. The number of aliphatic imine (C=N–C) groups is 1. The molecule has 1 N–H and O–H groups in total. The van der Waals surface area contributed by atoms with Crippen LogP contribution >= 0.6 is 40.3 Å². The monoisotopic (exact) mass is 573 g/mol. The van der Waals surface area contributed by atoms with Gasteiger partial charge in [-0.25, -0.2) is 17.7 Å². The maximum absolute atomic E-state index is 12.8. The fourth-order valence-electron chi connectivity index (χ4n) is 4.33. The molecule has 1 aliphatic carbocycles. The van der Waals surface area contributed by atoms with Gasteiger partial charge in [-0.15, -0.1) is 17.0 Å². The molecule has 10 heteroatoms. The Balaban J connectivity index is 0.00000306. The van der Waals surface area contributed by atoms with Crippen molar-refractivity contribution in [2.75, 3.05) is 19.8 Å². The second-order valence-electron chi connectivity index (χ2n) is 8.43. The standard InChI is InChI=1S/C23H28ClN3O3S2.BrH/c1-26(2)32(29,30)21-15-17(13-14-20(21)24)23(28)16-31-22(25-18-9-5-3-6-10-18)27(23)19-11-7-4-8-12-19;/h3,5-6,9-10,13-15,19,28H,4,7-8,11-12,16H2,1-2H3;1H. The number of hydrogen-bond acceptors (Lipinski definition) is 5. The van der Waals surface area contributed by atoms with Gasteiger partial charge in [0, 0.05) is 25.7 Å². The first kappa shape index (κ1) is 26.5. The largest absolute Gasteiger partial charge is 0.366 e. The van der Waals surface area contributed by atoms with Crippen LogP contribution in [0.1, 0.15) is 37.7 Å². The lowest BCUT2D eigenvalue weighted by Crippen LogP contribution is -2.51. The molecule has 1 unspecified atom stereocenters. The molecule has 2 aliphatic rings. The average molecular weight is 575 g/mol. The van der Waals surface area contributed by atoms with Crippen molar-refractivity contribution in [2.45, 2.75) is 48.8 Å². The predicted octanol–water partition coefficient (Wildman–Crippen LogP) is 5.38. The van der Waals surface area contributed by atoms with Gasteiger partial charge in [-0.3, -0.25) is 0 Å². The van der Waals surface area contributed by atoms with E-state index < -0.39 is 15.7 Å². The summed E-state index contributed by atoms with van der Waals surface area (Å²) in [5, 5.41) is 12.9. The van der Waals surface area contributed by atoms with Gasteiger partial charge < -0.3 is 10.0 Å². The number of sulfonamides is 1. The van der Waals surface area contributed by atoms with E-state index in [4.69, 9.17) is 16.6 Å². The van der Waals surface area contributed by atoms with Crippen LogP contribution in [0.2, 0.25) is 5.02 Å². The Kier molecular flexibility index (Phi) is 8.56. The number of amidine groups is 1. The van der Waals surface area contributed by atoms with Crippen LogP contribution in [0.3, 0.4) is 0 Å². The van der Waals surface area contributed by atoms with Gasteiger partial charge >= 0.3 is 0 Å². The lowest BCUT2D eigenvalue weighted by atomic mass is 9.91. The number of nitrogens with zero attached hydrogens (tertiary/aromatic N) is 3. The van der Waals surface area contributed by atoms with Crippen LogP contribution in [-0.4, -0.2) is 53.8 Å². The lowest BCUT2D eigenvalue weighted by Gasteiger charge is -2.42. The van der Waals surface area contributed by atoms with E-state index in [1.807, 2.05) is 35.2 Å². The van der Waals surface area contributed by atoms with Gasteiger partial charge in [-0.2, -0.15) is 0 Å². The Morgan fingerprint density at radius 1 is 1.12 bits per heavy atom. The summed E-state index contributed by atoms with van der Waals surface area (Å²) in [6.45, 7) is 0. The number of para-hydroxylation sites is 1. The maximum Gasteiger partial charge on any atom is 0.244 e. The van der Waals surface area contributed by atoms with Gasteiger partial charge in [-0.1, -0.05) is 66.9 Å². The fourth-order valence-corrected chi connectivity index (χ4v) is 6.97. The second-order valence-corrected chi connectivity index (χ2v) is 11.9. The number of thioether (sulfide) groups is 1. The van der Waals surface area contributed by atoms with Crippen molar-refractivity contribution < 1.29 is 13.5 Å². The molecule has 33 heavy (non-hydrogen) atoms. The lowest BCUT2D eigenvalue weighted by molar-refractivity contribution is -0.0735. The highest BCUT2D eigenvalue weighted by Crippen LogP contribution is 2.45. The molecular formula is C23H29BrClN3O3S2. The molecule has 1 saturated heterocycles. The van der Waals surface area contributed by atoms with E-state index in [1.54, 1.807) is 12.1 Å². The summed E-state index contributed by atoms with van der Waals surface area (Å²) >= 11 is 7.77. The fraction of sp³-hybridized carbons (Fsp3) is 0.435. The van der Waals surface area contributed by atoms with Crippen molar-refractivity contribution >= 4 is 61.2 Å². The summed E-state index contributed by atoms with van der Waals surface area (Å²) in [5.74, 6) is 0.359. The molecule has 0 amide bonds. The number of rotatable bonds is 5. The molecule has 0 aromatic heterocycles. The van der Waals surface area contributed by atoms with Gasteiger partial charge in [-0.05, 0) is 37.1 Å². The molecule has 2 aromatic carbocycles. The molecule has 2 fully saturated rings. The first-order valence-corrected chi connectivity index (χ1v) is 13.5. The summed E-state index contributed by atoms with van der Waals surface area (Å²) < 4.78 is 26.8. The average Bonchev–Trinajstić information content (AvgIpc) is 3.12. The molecule has 0 spiro atoms. The molecule has 1 atom stereocenters. The molecule has 2 aromatic rings. The van der Waals surface area contributed by atoms with E-state index in [0.717, 1.165) is 40.8 Å². The highest BCUT2D eigenvalue weighted by atomic mass is 79.9. The van der Waals surface area contributed by atoms with Crippen molar-refractivity contribution in [2.24, 2.45) is 4.99 Å². The summed E-state index contributed by atoms with van der Waals surface area (Å²) in [5.41, 5.74) is -0.0349. The molecule has 1 saturated carbocycles. The number of benzene rings is 2. The van der Waals surface area contributed by atoms with Gasteiger partial charge in [0.1, 0.15) is 4.90 Å². The van der Waals surface area contributed by atoms with Crippen molar-refractivity contribution in [1.82, 2.24) is 9.21 Å². The number of aliphatic hydroxyl groups is 1. The minimum Gasteiger partial charge on any atom is -0.366 e. The topological polar surface area (TPSA) is 73.2 Å². The zero-order chi connectivity index (χ0) is 22.9. The van der Waals surface area contributed by atoms with Gasteiger partial charge in [0.2, 0.25) is 10.0 Å². The molecule has 0 bridgehead atoms. The van der Waals surface area contributed by atoms with Crippen LogP contribution in [-0.2, 0) is 15.7 Å². The van der Waals surface area contributed by atoms with Crippen molar-refractivity contribution in [3.8, 4) is 0 Å². The van der Waals surface area contributed by atoms with E-state index in [0.29, 0.717) is 11.3 Å². The molecule has 1 aliphatic heterocycles. The summed E-state index contributed by atoms with van der Waals surface area (Å²) in [4.78, 5) is 6.86. The van der Waals surface area contributed by atoms with Crippen molar-refractivity contribution in [3.05, 3.63) is 59.1 Å². The van der Waals surface area contributed by atoms with E-state index in [-0.39, 0.29) is 32.9 Å². The predicted molar refractivity (Wildman–Crippen MR) is 141 cm³/mol. The first-order chi connectivity index (χ1) is 15.2. The van der Waals surface area contributed by atoms with Crippen LogP contribution in [0.25, 0.3) is 0 Å². The Labute approximate surface area is 215 Å². The second kappa shape index (κ2) is 10.7. The van der Waals surface area contributed by atoms with Crippen LogP contribution in [0.15, 0.2) is 58.4 Å². The molecule has 180 valence electrons. The van der Waals surface area contributed by atoms with E-state index in [1.165, 1.54) is 38.3 Å². The van der Waals surface area contributed by atoms with Crippen LogP contribution in [0, 0.1) is 0 Å². The quantitative estimate of drug-likeness (QED) is 0.519. The zero-order valence-corrected chi connectivity index (χ0v) is 22.7. The minimum atomic E-state index is -3.76. The smallest absolute Gasteiger partial charge is 0.244 e. The molecule has 4 rings (SSSR count). The third-order valence-corrected chi connectivity index (χ3v) is 9.47. The van der Waals surface area contributed by atoms with Crippen molar-refractivity contribution in [3.63, 3.8) is 0 Å². The van der Waals surface area contributed by atoms with E-state index in [9.17, 15) is 13.5 Å². The normalized spacial score (nSPS) is 23.2. The maximum atomic E-state index is 12.8. The Morgan fingerprint density at radius 2 is 1.79 bits per heavy atom. The molecule has 1 heterocycles.